The van der Waals surface area contributed by atoms with Gasteiger partial charge in [0.25, 0.3) is 0 Å². The summed E-state index contributed by atoms with van der Waals surface area (Å²) < 4.78 is 17.4. The average molecular weight is 187 g/mol. The Balaban J connectivity index is 2.72. The maximum absolute atomic E-state index is 12.5. The van der Waals surface area contributed by atoms with Crippen molar-refractivity contribution in [3.05, 3.63) is 24.0 Å². The van der Waals surface area contributed by atoms with E-state index in [1.165, 1.54) is 23.9 Å². The van der Waals surface area contributed by atoms with Gasteiger partial charge in [-0.2, -0.15) is 0 Å². The van der Waals surface area contributed by atoms with E-state index in [9.17, 15) is 4.39 Å². The van der Waals surface area contributed by atoms with E-state index in [2.05, 4.69) is 0 Å². The SMILES string of the molecule is COCSc1ccc(F)cc1N. The van der Waals surface area contributed by atoms with Crippen molar-refractivity contribution < 1.29 is 9.13 Å². The Morgan fingerprint density at radius 2 is 2.33 bits per heavy atom. The van der Waals surface area contributed by atoms with Gasteiger partial charge in [-0.25, -0.2) is 4.39 Å². The van der Waals surface area contributed by atoms with Crippen LogP contribution in [0.2, 0.25) is 0 Å². The monoisotopic (exact) mass is 187 g/mol. The molecule has 1 aromatic rings. The summed E-state index contributed by atoms with van der Waals surface area (Å²) in [4.78, 5) is 0.846. The molecule has 0 spiro atoms. The summed E-state index contributed by atoms with van der Waals surface area (Å²) in [5, 5.41) is 0. The number of anilines is 1. The lowest BCUT2D eigenvalue weighted by atomic mass is 10.3. The van der Waals surface area contributed by atoms with Crippen molar-refractivity contribution in [1.29, 1.82) is 0 Å². The predicted octanol–water partition coefficient (Wildman–Crippen LogP) is 2.10. The molecule has 1 rings (SSSR count). The molecule has 12 heavy (non-hydrogen) atoms. The largest absolute Gasteiger partial charge is 0.398 e. The fraction of sp³-hybridized carbons (Fsp3) is 0.250. The normalized spacial score (nSPS) is 10.2. The lowest BCUT2D eigenvalue weighted by Gasteiger charge is -2.03. The second-order valence-electron chi connectivity index (χ2n) is 2.23. The number of nitrogen functional groups attached to an aromatic ring is 1. The van der Waals surface area contributed by atoms with Crippen molar-refractivity contribution in [2.75, 3.05) is 18.8 Å². The van der Waals surface area contributed by atoms with Crippen LogP contribution >= 0.6 is 11.8 Å². The Kier molecular flexibility index (Phi) is 3.37. The molecule has 2 N–H and O–H groups in total. The minimum atomic E-state index is -0.311. The molecular weight excluding hydrogens is 177 g/mol. The molecule has 0 bridgehead atoms. The van der Waals surface area contributed by atoms with Gasteiger partial charge in [0.1, 0.15) is 5.82 Å². The van der Waals surface area contributed by atoms with Gasteiger partial charge in [-0.05, 0) is 18.2 Å². The molecule has 0 aromatic heterocycles. The second kappa shape index (κ2) is 4.33. The Labute approximate surface area is 74.9 Å². The summed E-state index contributed by atoms with van der Waals surface area (Å²) in [5.74, 6) is 0.213. The van der Waals surface area contributed by atoms with Crippen LogP contribution in [0.1, 0.15) is 0 Å². The van der Waals surface area contributed by atoms with Crippen LogP contribution < -0.4 is 5.73 Å². The van der Waals surface area contributed by atoms with Crippen molar-refractivity contribution in [1.82, 2.24) is 0 Å². The third kappa shape index (κ3) is 2.39. The van der Waals surface area contributed by atoms with Gasteiger partial charge in [0, 0.05) is 17.7 Å². The van der Waals surface area contributed by atoms with Gasteiger partial charge in [0.2, 0.25) is 0 Å². The zero-order valence-electron chi connectivity index (χ0n) is 6.71. The molecular formula is C8H10FNOS. The van der Waals surface area contributed by atoms with Crippen LogP contribution in [-0.2, 0) is 4.74 Å². The Morgan fingerprint density at radius 1 is 1.58 bits per heavy atom. The zero-order valence-corrected chi connectivity index (χ0v) is 7.53. The van der Waals surface area contributed by atoms with Crippen LogP contribution in [0.4, 0.5) is 10.1 Å². The molecule has 0 unspecified atom stereocenters. The first-order valence-corrected chi connectivity index (χ1v) is 4.39. The van der Waals surface area contributed by atoms with Crippen molar-refractivity contribution in [3.63, 3.8) is 0 Å². The number of rotatable bonds is 3. The van der Waals surface area contributed by atoms with Crippen LogP contribution in [0.5, 0.6) is 0 Å². The van der Waals surface area contributed by atoms with Crippen molar-refractivity contribution in [2.24, 2.45) is 0 Å². The Morgan fingerprint density at radius 3 is 2.92 bits per heavy atom. The van der Waals surface area contributed by atoms with Gasteiger partial charge >= 0.3 is 0 Å². The van der Waals surface area contributed by atoms with Gasteiger partial charge in [-0.15, -0.1) is 0 Å². The highest BCUT2D eigenvalue weighted by Crippen LogP contribution is 2.25. The number of hydrogen-bond donors (Lipinski definition) is 1. The van der Waals surface area contributed by atoms with E-state index in [0.29, 0.717) is 11.6 Å². The lowest BCUT2D eigenvalue weighted by molar-refractivity contribution is 0.259. The number of ether oxygens (including phenoxy) is 1. The van der Waals surface area contributed by atoms with Gasteiger partial charge in [-0.3, -0.25) is 0 Å². The third-order valence-electron chi connectivity index (χ3n) is 1.30. The van der Waals surface area contributed by atoms with Crippen LogP contribution in [0.15, 0.2) is 23.1 Å². The average Bonchev–Trinajstić information content (AvgIpc) is 2.03. The van der Waals surface area contributed by atoms with E-state index in [-0.39, 0.29) is 5.82 Å². The molecule has 0 saturated heterocycles. The first-order chi connectivity index (χ1) is 5.74. The van der Waals surface area contributed by atoms with Crippen molar-refractivity contribution >= 4 is 17.4 Å². The second-order valence-corrected chi connectivity index (χ2v) is 3.20. The molecule has 0 heterocycles. The molecule has 0 atom stereocenters. The molecule has 66 valence electrons. The van der Waals surface area contributed by atoms with E-state index in [4.69, 9.17) is 10.5 Å². The van der Waals surface area contributed by atoms with E-state index >= 15 is 0 Å². The first-order valence-electron chi connectivity index (χ1n) is 3.41. The topological polar surface area (TPSA) is 35.2 Å². The summed E-state index contributed by atoms with van der Waals surface area (Å²) in [6, 6.07) is 4.33. The fourth-order valence-corrected chi connectivity index (χ4v) is 1.41. The highest BCUT2D eigenvalue weighted by molar-refractivity contribution is 7.99. The summed E-state index contributed by atoms with van der Waals surface area (Å²) in [6.07, 6.45) is 0. The molecule has 0 fully saturated rings. The number of hydrogen-bond acceptors (Lipinski definition) is 3. The zero-order chi connectivity index (χ0) is 8.97. The summed E-state index contributed by atoms with van der Waals surface area (Å²) in [7, 11) is 1.60. The Hall–Kier alpha value is -0.740. The molecule has 0 aliphatic rings. The maximum atomic E-state index is 12.5. The standard InChI is InChI=1S/C8H10FNOS/c1-11-5-12-8-3-2-6(9)4-7(8)10/h2-4H,5,10H2,1H3. The minimum absolute atomic E-state index is 0.311. The first kappa shape index (κ1) is 9.35. The number of methoxy groups -OCH3 is 1. The number of benzene rings is 1. The number of thioether (sulfide) groups is 1. The number of halogens is 1. The van der Waals surface area contributed by atoms with Gasteiger partial charge < -0.3 is 10.5 Å². The molecule has 2 nitrogen and oxygen atoms in total. The minimum Gasteiger partial charge on any atom is -0.398 e. The van der Waals surface area contributed by atoms with E-state index in [0.717, 1.165) is 4.90 Å². The highest BCUT2D eigenvalue weighted by Gasteiger charge is 2.00. The molecule has 0 aliphatic carbocycles. The summed E-state index contributed by atoms with van der Waals surface area (Å²) >= 11 is 1.44. The lowest BCUT2D eigenvalue weighted by Crippen LogP contribution is -1.91. The predicted molar refractivity (Wildman–Crippen MR) is 48.5 cm³/mol. The van der Waals surface area contributed by atoms with Crippen LogP contribution in [0, 0.1) is 5.82 Å². The molecule has 4 heteroatoms. The smallest absolute Gasteiger partial charge is 0.125 e. The Bertz CT molecular complexity index is 267. The molecule has 1 aromatic carbocycles. The number of nitrogens with two attached hydrogens (primary N) is 1. The van der Waals surface area contributed by atoms with E-state index in [1.807, 2.05) is 0 Å². The van der Waals surface area contributed by atoms with E-state index in [1.54, 1.807) is 13.2 Å². The molecule has 0 radical (unpaired) electrons. The molecule has 0 saturated carbocycles. The maximum Gasteiger partial charge on any atom is 0.125 e. The molecule has 0 amide bonds. The van der Waals surface area contributed by atoms with Gasteiger partial charge in [0.05, 0.1) is 5.94 Å². The van der Waals surface area contributed by atoms with Crippen molar-refractivity contribution in [3.8, 4) is 0 Å². The summed E-state index contributed by atoms with van der Waals surface area (Å²) in [6.45, 7) is 0. The van der Waals surface area contributed by atoms with E-state index < -0.39 is 0 Å². The highest BCUT2D eigenvalue weighted by atomic mass is 32.2. The van der Waals surface area contributed by atoms with Crippen LogP contribution in [0.3, 0.4) is 0 Å². The van der Waals surface area contributed by atoms with Crippen molar-refractivity contribution in [2.45, 2.75) is 4.90 Å². The molecule has 0 aliphatic heterocycles. The van der Waals surface area contributed by atoms with Gasteiger partial charge in [-0.1, -0.05) is 11.8 Å². The quantitative estimate of drug-likeness (QED) is 0.447. The van der Waals surface area contributed by atoms with Gasteiger partial charge in [0.15, 0.2) is 0 Å². The van der Waals surface area contributed by atoms with Crippen LogP contribution in [-0.4, -0.2) is 13.0 Å². The van der Waals surface area contributed by atoms with Crippen LogP contribution in [0.25, 0.3) is 0 Å². The third-order valence-corrected chi connectivity index (χ3v) is 2.34. The fourth-order valence-electron chi connectivity index (χ4n) is 0.773. The summed E-state index contributed by atoms with van der Waals surface area (Å²) in [5.41, 5.74) is 6.00.